The van der Waals surface area contributed by atoms with Crippen LogP contribution in [0.1, 0.15) is 0 Å². The monoisotopic (exact) mass is 140 g/mol. The molecule has 4 heteroatoms. The Labute approximate surface area is 58.5 Å². The predicted octanol–water partition coefficient (Wildman–Crippen LogP) is 0.805. The van der Waals surface area contributed by atoms with Gasteiger partial charge >= 0.3 is 0 Å². The highest BCUT2D eigenvalue weighted by Crippen LogP contribution is 1.99. The normalized spacial score (nSPS) is 10.6. The van der Waals surface area contributed by atoms with Crippen LogP contribution in [0.25, 0.3) is 0 Å². The minimum atomic E-state index is -0.644. The van der Waals surface area contributed by atoms with Crippen LogP contribution >= 0.6 is 0 Å². The quantitative estimate of drug-likeness (QED) is 0.358. The molecule has 0 heterocycles. The van der Waals surface area contributed by atoms with E-state index in [0.717, 1.165) is 0 Å². The lowest BCUT2D eigenvalue weighted by atomic mass is 10.3. The average Bonchev–Trinajstić information content (AvgIpc) is 1.87. The molecule has 0 aromatic carbocycles. The lowest BCUT2D eigenvalue weighted by molar-refractivity contribution is -0.420. The highest BCUT2D eigenvalue weighted by molar-refractivity contribution is 5.22. The van der Waals surface area contributed by atoms with Crippen LogP contribution in [0, 0.1) is 10.1 Å². The topological polar surface area (TPSA) is 69.2 Å². The van der Waals surface area contributed by atoms with E-state index in [1.165, 1.54) is 12.2 Å². The molecule has 0 rings (SSSR count). The third kappa shape index (κ3) is 2.13. The molecule has 0 fully saturated rings. The van der Waals surface area contributed by atoms with E-state index in [0.29, 0.717) is 0 Å². The largest absolute Gasteiger partial charge is 0.393 e. The molecule has 0 aliphatic heterocycles. The number of rotatable bonds is 3. The summed E-state index contributed by atoms with van der Waals surface area (Å²) in [7, 11) is 0. The minimum Gasteiger partial charge on any atom is -0.393 e. The standard InChI is InChI=1S/C6H8N2O2/c1-3-4-6(7)5(2)8(9)10/h3-4H,1-2,7H2/b6-4+. The fourth-order valence-corrected chi connectivity index (χ4v) is 0.329. The molecule has 0 radical (unpaired) electrons. The Bertz CT molecular complexity index is 206. The number of nitro groups is 1. The van der Waals surface area contributed by atoms with Gasteiger partial charge in [0.2, 0.25) is 0 Å². The molecule has 0 aromatic heterocycles. The van der Waals surface area contributed by atoms with Crippen molar-refractivity contribution < 1.29 is 4.92 Å². The van der Waals surface area contributed by atoms with Crippen LogP contribution in [-0.2, 0) is 0 Å². The molecule has 0 amide bonds. The summed E-state index contributed by atoms with van der Waals surface area (Å²) in [5, 5.41) is 9.97. The van der Waals surface area contributed by atoms with E-state index in [2.05, 4.69) is 13.2 Å². The molecule has 0 aromatic rings. The van der Waals surface area contributed by atoms with Gasteiger partial charge in [0.1, 0.15) is 5.70 Å². The molecule has 0 aliphatic rings. The van der Waals surface area contributed by atoms with Crippen LogP contribution < -0.4 is 5.73 Å². The average molecular weight is 140 g/mol. The summed E-state index contributed by atoms with van der Waals surface area (Å²) in [4.78, 5) is 9.32. The lowest BCUT2D eigenvalue weighted by Crippen LogP contribution is -2.07. The second-order valence-corrected chi connectivity index (χ2v) is 1.56. The van der Waals surface area contributed by atoms with E-state index >= 15 is 0 Å². The van der Waals surface area contributed by atoms with Crippen LogP contribution in [-0.4, -0.2) is 4.92 Å². The number of hydrogen-bond donors (Lipinski definition) is 1. The lowest BCUT2D eigenvalue weighted by Gasteiger charge is -1.92. The predicted molar refractivity (Wildman–Crippen MR) is 38.6 cm³/mol. The highest BCUT2D eigenvalue weighted by Gasteiger charge is 2.07. The maximum absolute atomic E-state index is 9.97. The summed E-state index contributed by atoms with van der Waals surface area (Å²) in [6.45, 7) is 6.45. The van der Waals surface area contributed by atoms with Gasteiger partial charge in [0, 0.05) is 0 Å². The molecular formula is C6H8N2O2. The fourth-order valence-electron chi connectivity index (χ4n) is 0.329. The molecule has 54 valence electrons. The summed E-state index contributed by atoms with van der Waals surface area (Å²) in [5.74, 6) is 0. The first-order valence-electron chi connectivity index (χ1n) is 2.51. The Kier molecular flexibility index (Phi) is 2.90. The van der Waals surface area contributed by atoms with Crippen molar-refractivity contribution >= 4 is 0 Å². The third-order valence-electron chi connectivity index (χ3n) is 0.851. The molecule has 0 atom stereocenters. The van der Waals surface area contributed by atoms with Gasteiger partial charge in [0.05, 0.1) is 4.92 Å². The number of nitrogens with zero attached hydrogens (tertiary/aromatic N) is 1. The van der Waals surface area contributed by atoms with Gasteiger partial charge in [-0.2, -0.15) is 0 Å². The molecule has 4 nitrogen and oxygen atoms in total. The molecule has 0 bridgehead atoms. The van der Waals surface area contributed by atoms with Crippen molar-refractivity contribution in [2.45, 2.75) is 0 Å². The zero-order valence-electron chi connectivity index (χ0n) is 5.41. The Morgan fingerprint density at radius 3 is 2.50 bits per heavy atom. The summed E-state index contributed by atoms with van der Waals surface area (Å²) < 4.78 is 0. The highest BCUT2D eigenvalue weighted by atomic mass is 16.6. The van der Waals surface area contributed by atoms with E-state index in [-0.39, 0.29) is 11.4 Å². The van der Waals surface area contributed by atoms with E-state index in [4.69, 9.17) is 5.73 Å². The molecule has 0 aliphatic carbocycles. The van der Waals surface area contributed by atoms with Crippen LogP contribution in [0.4, 0.5) is 0 Å². The Hall–Kier alpha value is -1.58. The van der Waals surface area contributed by atoms with Crippen LogP contribution in [0.15, 0.2) is 36.7 Å². The van der Waals surface area contributed by atoms with Gasteiger partial charge in [0.25, 0.3) is 5.70 Å². The van der Waals surface area contributed by atoms with Gasteiger partial charge in [-0.3, -0.25) is 10.1 Å². The SMILES string of the molecule is C=C/C=C(/N)C(=C)[N+](=O)[O-]. The zero-order valence-corrected chi connectivity index (χ0v) is 5.41. The van der Waals surface area contributed by atoms with E-state index in [1.807, 2.05) is 0 Å². The third-order valence-corrected chi connectivity index (χ3v) is 0.851. The first-order valence-corrected chi connectivity index (χ1v) is 2.51. The Balaban J connectivity index is 4.36. The first kappa shape index (κ1) is 8.42. The van der Waals surface area contributed by atoms with Crippen molar-refractivity contribution in [3.63, 3.8) is 0 Å². The summed E-state index contributed by atoms with van der Waals surface area (Å²) in [6.07, 6.45) is 2.69. The van der Waals surface area contributed by atoms with Gasteiger partial charge in [-0.25, -0.2) is 0 Å². The van der Waals surface area contributed by atoms with Crippen molar-refractivity contribution in [2.24, 2.45) is 5.73 Å². The van der Waals surface area contributed by atoms with Gasteiger partial charge in [-0.05, 0) is 12.7 Å². The van der Waals surface area contributed by atoms with Gasteiger partial charge < -0.3 is 5.73 Å². The van der Waals surface area contributed by atoms with Crippen molar-refractivity contribution in [1.82, 2.24) is 0 Å². The molecular weight excluding hydrogens is 132 g/mol. The molecule has 0 saturated carbocycles. The van der Waals surface area contributed by atoms with Crippen molar-refractivity contribution in [3.05, 3.63) is 46.8 Å². The summed E-state index contributed by atoms with van der Waals surface area (Å²) in [5.41, 5.74) is 4.90. The molecule has 10 heavy (non-hydrogen) atoms. The van der Waals surface area contributed by atoms with Gasteiger partial charge in [0.15, 0.2) is 0 Å². The van der Waals surface area contributed by atoms with Gasteiger partial charge in [-0.1, -0.05) is 12.7 Å². The van der Waals surface area contributed by atoms with Crippen LogP contribution in [0.3, 0.4) is 0 Å². The number of hydrogen-bond acceptors (Lipinski definition) is 3. The van der Waals surface area contributed by atoms with Crippen LogP contribution in [0.5, 0.6) is 0 Å². The van der Waals surface area contributed by atoms with Crippen molar-refractivity contribution in [2.75, 3.05) is 0 Å². The first-order chi connectivity index (χ1) is 4.59. The Morgan fingerprint density at radius 2 is 2.20 bits per heavy atom. The Morgan fingerprint density at radius 1 is 1.70 bits per heavy atom. The van der Waals surface area contributed by atoms with Crippen molar-refractivity contribution in [3.8, 4) is 0 Å². The van der Waals surface area contributed by atoms with Crippen LogP contribution in [0.2, 0.25) is 0 Å². The minimum absolute atomic E-state index is 0.0278. The smallest absolute Gasteiger partial charge is 0.285 e. The second-order valence-electron chi connectivity index (χ2n) is 1.56. The maximum Gasteiger partial charge on any atom is 0.285 e. The molecule has 2 N–H and O–H groups in total. The van der Waals surface area contributed by atoms with E-state index in [9.17, 15) is 10.1 Å². The maximum atomic E-state index is 9.97. The van der Waals surface area contributed by atoms with Crippen molar-refractivity contribution in [1.29, 1.82) is 0 Å². The molecule has 0 unspecified atom stereocenters. The summed E-state index contributed by atoms with van der Waals surface area (Å²) in [6, 6.07) is 0. The molecule has 0 saturated heterocycles. The fraction of sp³-hybridized carbons (Fsp3) is 0. The zero-order chi connectivity index (χ0) is 8.15. The number of nitrogens with two attached hydrogens (primary N) is 1. The van der Waals surface area contributed by atoms with Gasteiger partial charge in [-0.15, -0.1) is 0 Å². The van der Waals surface area contributed by atoms with E-state index < -0.39 is 4.92 Å². The number of allylic oxidation sites excluding steroid dienone is 2. The van der Waals surface area contributed by atoms with E-state index in [1.54, 1.807) is 0 Å². The molecule has 0 spiro atoms. The second kappa shape index (κ2) is 3.45. The summed E-state index contributed by atoms with van der Waals surface area (Å²) >= 11 is 0.